The first kappa shape index (κ1) is 6.43. The second kappa shape index (κ2) is 2.40. The summed E-state index contributed by atoms with van der Waals surface area (Å²) in [6.07, 6.45) is 2.89. The SMILES string of the molecule is O=C1C=C2CNCCC2S1. The molecule has 0 saturated carbocycles. The minimum Gasteiger partial charge on any atom is -0.313 e. The van der Waals surface area contributed by atoms with Crippen LogP contribution in [0.25, 0.3) is 0 Å². The van der Waals surface area contributed by atoms with Gasteiger partial charge in [0.05, 0.1) is 0 Å². The van der Waals surface area contributed by atoms with Crippen molar-refractivity contribution in [1.82, 2.24) is 5.32 Å². The number of carbonyl (C=O) groups excluding carboxylic acids is 1. The minimum absolute atomic E-state index is 0.240. The molecule has 54 valence electrons. The fraction of sp³-hybridized carbons (Fsp3) is 0.571. The van der Waals surface area contributed by atoms with Crippen molar-refractivity contribution < 1.29 is 4.79 Å². The summed E-state index contributed by atoms with van der Waals surface area (Å²) in [5, 5.41) is 3.99. The van der Waals surface area contributed by atoms with Crippen LogP contribution >= 0.6 is 11.8 Å². The summed E-state index contributed by atoms with van der Waals surface area (Å²) >= 11 is 1.48. The van der Waals surface area contributed by atoms with E-state index < -0.39 is 0 Å². The molecule has 1 saturated heterocycles. The normalized spacial score (nSPS) is 31.8. The van der Waals surface area contributed by atoms with Crippen molar-refractivity contribution in [2.45, 2.75) is 11.7 Å². The first-order valence-electron chi connectivity index (χ1n) is 3.48. The largest absolute Gasteiger partial charge is 0.313 e. The number of hydrogen-bond donors (Lipinski definition) is 1. The molecule has 2 heterocycles. The van der Waals surface area contributed by atoms with Crippen LogP contribution in [0, 0.1) is 0 Å². The van der Waals surface area contributed by atoms with Crippen LogP contribution in [0.3, 0.4) is 0 Å². The average molecular weight is 155 g/mol. The molecule has 0 aromatic heterocycles. The molecule has 0 spiro atoms. The zero-order valence-electron chi connectivity index (χ0n) is 5.59. The fourth-order valence-electron chi connectivity index (χ4n) is 1.37. The van der Waals surface area contributed by atoms with Gasteiger partial charge in [0.15, 0.2) is 0 Å². The zero-order chi connectivity index (χ0) is 6.97. The Labute approximate surface area is 64.1 Å². The summed E-state index contributed by atoms with van der Waals surface area (Å²) in [6, 6.07) is 0. The lowest BCUT2D eigenvalue weighted by Crippen LogP contribution is -2.30. The summed E-state index contributed by atoms with van der Waals surface area (Å²) in [6.45, 7) is 1.98. The first-order chi connectivity index (χ1) is 4.86. The van der Waals surface area contributed by atoms with Gasteiger partial charge < -0.3 is 5.32 Å². The van der Waals surface area contributed by atoms with E-state index in [1.54, 1.807) is 6.08 Å². The van der Waals surface area contributed by atoms with Gasteiger partial charge in [-0.25, -0.2) is 0 Å². The molecule has 0 amide bonds. The van der Waals surface area contributed by atoms with Gasteiger partial charge in [-0.1, -0.05) is 11.8 Å². The van der Waals surface area contributed by atoms with Crippen LogP contribution in [0.1, 0.15) is 6.42 Å². The highest BCUT2D eigenvalue weighted by atomic mass is 32.2. The van der Waals surface area contributed by atoms with E-state index in [0.29, 0.717) is 5.25 Å². The highest BCUT2D eigenvalue weighted by molar-refractivity contribution is 8.15. The molecule has 0 aromatic carbocycles. The fourth-order valence-corrected chi connectivity index (χ4v) is 2.41. The van der Waals surface area contributed by atoms with Gasteiger partial charge in [0, 0.05) is 11.8 Å². The lowest BCUT2D eigenvalue weighted by atomic mass is 10.1. The molecule has 2 aliphatic heterocycles. The summed E-state index contributed by atoms with van der Waals surface area (Å²) < 4.78 is 0. The lowest BCUT2D eigenvalue weighted by molar-refractivity contribution is -0.106. The van der Waals surface area contributed by atoms with E-state index in [9.17, 15) is 4.79 Å². The molecular weight excluding hydrogens is 146 g/mol. The van der Waals surface area contributed by atoms with Gasteiger partial charge in [-0.3, -0.25) is 4.79 Å². The molecule has 1 N–H and O–H groups in total. The molecule has 2 aliphatic rings. The van der Waals surface area contributed by atoms with E-state index in [1.807, 2.05) is 0 Å². The molecule has 1 atom stereocenters. The maximum Gasteiger partial charge on any atom is 0.212 e. The monoisotopic (exact) mass is 155 g/mol. The first-order valence-corrected chi connectivity index (χ1v) is 4.36. The Kier molecular flexibility index (Phi) is 1.54. The molecule has 10 heavy (non-hydrogen) atoms. The van der Waals surface area contributed by atoms with Crippen LogP contribution in [-0.2, 0) is 4.79 Å². The number of fused-ring (bicyclic) bond motifs is 1. The Morgan fingerprint density at radius 3 is 3.40 bits per heavy atom. The third-order valence-electron chi connectivity index (χ3n) is 1.89. The van der Waals surface area contributed by atoms with Gasteiger partial charge in [-0.05, 0) is 24.6 Å². The van der Waals surface area contributed by atoms with E-state index in [4.69, 9.17) is 0 Å². The van der Waals surface area contributed by atoms with E-state index in [2.05, 4.69) is 5.32 Å². The van der Waals surface area contributed by atoms with Crippen molar-refractivity contribution in [2.75, 3.05) is 13.1 Å². The van der Waals surface area contributed by atoms with E-state index in [0.717, 1.165) is 19.5 Å². The molecule has 2 nitrogen and oxygen atoms in total. The van der Waals surface area contributed by atoms with Crippen molar-refractivity contribution >= 4 is 16.9 Å². The van der Waals surface area contributed by atoms with Crippen LogP contribution in [0.5, 0.6) is 0 Å². The molecule has 1 fully saturated rings. The van der Waals surface area contributed by atoms with Crippen LogP contribution < -0.4 is 5.32 Å². The topological polar surface area (TPSA) is 29.1 Å². The van der Waals surface area contributed by atoms with Crippen molar-refractivity contribution in [1.29, 1.82) is 0 Å². The van der Waals surface area contributed by atoms with Crippen molar-refractivity contribution in [2.24, 2.45) is 0 Å². The van der Waals surface area contributed by atoms with Crippen LogP contribution in [-0.4, -0.2) is 23.5 Å². The molecule has 0 radical (unpaired) electrons. The molecule has 2 rings (SSSR count). The number of piperidine rings is 1. The van der Waals surface area contributed by atoms with Crippen molar-refractivity contribution in [3.8, 4) is 0 Å². The predicted molar refractivity (Wildman–Crippen MR) is 42.0 cm³/mol. The maximum absolute atomic E-state index is 10.9. The van der Waals surface area contributed by atoms with Crippen LogP contribution in [0.4, 0.5) is 0 Å². The standard InChI is InChI=1S/C7H9NOS/c9-7-3-5-4-8-2-1-6(5)10-7/h3,6,8H,1-2,4H2. The van der Waals surface area contributed by atoms with Gasteiger partial charge in [-0.2, -0.15) is 0 Å². The second-order valence-electron chi connectivity index (χ2n) is 2.61. The Morgan fingerprint density at radius 1 is 1.70 bits per heavy atom. The molecule has 0 aliphatic carbocycles. The minimum atomic E-state index is 0.240. The highest BCUT2D eigenvalue weighted by Crippen LogP contribution is 2.31. The van der Waals surface area contributed by atoms with Gasteiger partial charge in [0.1, 0.15) is 0 Å². The Balaban J connectivity index is 2.17. The molecular formula is C7H9NOS. The smallest absolute Gasteiger partial charge is 0.212 e. The molecule has 1 unspecified atom stereocenters. The van der Waals surface area contributed by atoms with Gasteiger partial charge >= 0.3 is 0 Å². The predicted octanol–water partition coefficient (Wildman–Crippen LogP) is 0.548. The number of thioether (sulfide) groups is 1. The zero-order valence-corrected chi connectivity index (χ0v) is 6.41. The third-order valence-corrected chi connectivity index (χ3v) is 3.06. The summed E-state index contributed by atoms with van der Waals surface area (Å²) in [5.41, 5.74) is 1.29. The van der Waals surface area contributed by atoms with Crippen LogP contribution in [0.2, 0.25) is 0 Å². The number of carbonyl (C=O) groups is 1. The quantitative estimate of drug-likeness (QED) is 0.554. The summed E-state index contributed by atoms with van der Waals surface area (Å²) in [5.74, 6) is 0. The molecule has 3 heteroatoms. The van der Waals surface area contributed by atoms with Crippen molar-refractivity contribution in [3.05, 3.63) is 11.6 Å². The van der Waals surface area contributed by atoms with E-state index >= 15 is 0 Å². The number of nitrogens with one attached hydrogen (secondary N) is 1. The number of rotatable bonds is 0. The van der Waals surface area contributed by atoms with Gasteiger partial charge in [-0.15, -0.1) is 0 Å². The highest BCUT2D eigenvalue weighted by Gasteiger charge is 2.27. The van der Waals surface area contributed by atoms with Crippen LogP contribution in [0.15, 0.2) is 11.6 Å². The Morgan fingerprint density at radius 2 is 2.60 bits per heavy atom. The average Bonchev–Trinajstić information content (AvgIpc) is 2.27. The van der Waals surface area contributed by atoms with E-state index in [-0.39, 0.29) is 5.12 Å². The van der Waals surface area contributed by atoms with Crippen molar-refractivity contribution in [3.63, 3.8) is 0 Å². The van der Waals surface area contributed by atoms with E-state index in [1.165, 1.54) is 17.3 Å². The molecule has 0 bridgehead atoms. The summed E-state index contributed by atoms with van der Waals surface area (Å²) in [4.78, 5) is 10.9. The summed E-state index contributed by atoms with van der Waals surface area (Å²) in [7, 11) is 0. The lowest BCUT2D eigenvalue weighted by Gasteiger charge is -2.19. The number of hydrogen-bond acceptors (Lipinski definition) is 3. The van der Waals surface area contributed by atoms with Gasteiger partial charge in [0.2, 0.25) is 5.12 Å². The Bertz CT molecular complexity index is 200. The molecule has 0 aromatic rings. The van der Waals surface area contributed by atoms with Gasteiger partial charge in [0.25, 0.3) is 0 Å². The Hall–Kier alpha value is -0.280. The maximum atomic E-state index is 10.9. The third kappa shape index (κ3) is 0.995. The second-order valence-corrected chi connectivity index (χ2v) is 3.82.